The molecule has 0 saturated carbocycles. The molecule has 0 spiro atoms. The Bertz CT molecular complexity index is 804. The van der Waals surface area contributed by atoms with Gasteiger partial charge in [0, 0.05) is 6.61 Å². The van der Waals surface area contributed by atoms with Crippen molar-refractivity contribution in [2.45, 2.75) is 180 Å². The molecule has 1 N–H and O–H groups in total. The van der Waals surface area contributed by atoms with Crippen LogP contribution in [0.15, 0.2) is 0 Å². The number of hydrogen-bond acceptors (Lipinski definition) is 7. The Morgan fingerprint density at radius 1 is 0.604 bits per heavy atom. The maximum absolute atomic E-state index is 12.4. The number of nitrogens with zero attached hydrogens (tertiary/aromatic N) is 1. The molecule has 0 amide bonds. The summed E-state index contributed by atoms with van der Waals surface area (Å²) in [6.45, 7) is 5.09. The summed E-state index contributed by atoms with van der Waals surface area (Å²) in [5, 5.41) is 0. The van der Waals surface area contributed by atoms with Gasteiger partial charge in [0.25, 0.3) is 0 Å². The first-order valence-electron chi connectivity index (χ1n) is 19.6. The number of carbonyl (C=O) groups is 2. The summed E-state index contributed by atoms with van der Waals surface area (Å²) in [4.78, 5) is 33.5. The number of ether oxygens (including phenoxy) is 2. The summed E-state index contributed by atoms with van der Waals surface area (Å²) < 4.78 is 34.7. The fourth-order valence-electron chi connectivity index (χ4n) is 5.66. The molecule has 0 radical (unpaired) electrons. The lowest BCUT2D eigenvalue weighted by atomic mass is 10.0. The smallest absolute Gasteiger partial charge is 0.457 e. The van der Waals surface area contributed by atoms with Crippen molar-refractivity contribution in [3.05, 3.63) is 0 Å². The van der Waals surface area contributed by atoms with Crippen LogP contribution in [0, 0.1) is 0 Å². The van der Waals surface area contributed by atoms with E-state index in [-0.39, 0.29) is 32.0 Å². The Balaban J connectivity index is 4.00. The fourth-order valence-corrected chi connectivity index (χ4v) is 6.45. The average molecular weight is 707 g/mol. The molecular weight excluding hydrogens is 629 g/mol. The summed E-state index contributed by atoms with van der Waals surface area (Å²) in [5.41, 5.74) is 0. The van der Waals surface area contributed by atoms with Crippen molar-refractivity contribution in [3.8, 4) is 0 Å². The van der Waals surface area contributed by atoms with E-state index in [1.807, 2.05) is 0 Å². The molecule has 2 atom stereocenters. The van der Waals surface area contributed by atoms with Crippen LogP contribution in [0.2, 0.25) is 0 Å². The molecule has 0 saturated heterocycles. The van der Waals surface area contributed by atoms with Gasteiger partial charge in [0.05, 0.1) is 47.5 Å². The maximum atomic E-state index is 12.4. The molecule has 0 aliphatic rings. The highest BCUT2D eigenvalue weighted by Gasteiger charge is 2.25. The SMILES string of the molecule is CCCCCCCCCCCCCCCCCCOCC(COP(=O)(O)OCCCCCCCCCC[N+](C)(C)C)OC(=O)CC(C)=O. The molecule has 0 rings (SSSR count). The lowest BCUT2D eigenvalue weighted by Gasteiger charge is -2.23. The van der Waals surface area contributed by atoms with Crippen LogP contribution >= 0.6 is 7.82 Å². The van der Waals surface area contributed by atoms with Crippen LogP contribution in [-0.2, 0) is 32.7 Å². The van der Waals surface area contributed by atoms with E-state index in [0.29, 0.717) is 13.0 Å². The number of ketones is 1. The van der Waals surface area contributed by atoms with Gasteiger partial charge in [-0.2, -0.15) is 0 Å². The molecule has 0 bridgehead atoms. The van der Waals surface area contributed by atoms with E-state index in [2.05, 4.69) is 28.1 Å². The van der Waals surface area contributed by atoms with E-state index in [9.17, 15) is 19.0 Å². The zero-order chi connectivity index (χ0) is 35.8. The minimum atomic E-state index is -4.30. The summed E-state index contributed by atoms with van der Waals surface area (Å²) >= 11 is 0. The number of hydrogen-bond donors (Lipinski definition) is 1. The second kappa shape index (κ2) is 32.1. The van der Waals surface area contributed by atoms with Gasteiger partial charge in [-0.1, -0.05) is 135 Å². The first kappa shape index (κ1) is 47.2. The second-order valence-corrected chi connectivity index (χ2v) is 16.3. The minimum absolute atomic E-state index is 0.0255. The highest BCUT2D eigenvalue weighted by atomic mass is 31.2. The van der Waals surface area contributed by atoms with Crippen molar-refractivity contribution in [1.82, 2.24) is 0 Å². The van der Waals surface area contributed by atoms with E-state index in [0.717, 1.165) is 36.6 Å². The van der Waals surface area contributed by atoms with E-state index < -0.39 is 19.9 Å². The molecule has 10 heteroatoms. The molecule has 0 aliphatic carbocycles. The summed E-state index contributed by atoms with van der Waals surface area (Å²) in [6, 6.07) is 0. The quantitative estimate of drug-likeness (QED) is 0.0224. The maximum Gasteiger partial charge on any atom is 0.472 e. The average Bonchev–Trinajstić information content (AvgIpc) is 3.00. The Morgan fingerprint density at radius 3 is 1.46 bits per heavy atom. The molecule has 0 aliphatic heterocycles. The molecular formula is C38H77NO8P+. The zero-order valence-corrected chi connectivity index (χ0v) is 32.9. The molecule has 9 nitrogen and oxygen atoms in total. The number of esters is 1. The monoisotopic (exact) mass is 707 g/mol. The first-order valence-corrected chi connectivity index (χ1v) is 21.1. The van der Waals surface area contributed by atoms with Crippen LogP contribution in [0.1, 0.15) is 174 Å². The first-order chi connectivity index (χ1) is 22.9. The third-order valence-electron chi connectivity index (χ3n) is 8.54. The standard InChI is InChI=1S/C38H76NO8P/c1-6-7-8-9-10-11-12-13-14-15-16-17-19-22-25-28-31-44-34-37(47-38(41)33-36(2)40)35-46-48(42,43)45-32-29-26-23-20-18-21-24-27-30-39(3,4)5/h37H,6-35H2,1-5H3/p+1. The van der Waals surface area contributed by atoms with Crippen molar-refractivity contribution in [1.29, 1.82) is 0 Å². The van der Waals surface area contributed by atoms with Crippen molar-refractivity contribution >= 4 is 19.6 Å². The van der Waals surface area contributed by atoms with Crippen LogP contribution in [0.3, 0.4) is 0 Å². The normalized spacial score (nSPS) is 13.8. The Labute approximate surface area is 295 Å². The topological polar surface area (TPSA) is 108 Å². The van der Waals surface area contributed by atoms with Gasteiger partial charge >= 0.3 is 13.8 Å². The largest absolute Gasteiger partial charge is 0.472 e. The number of quaternary nitrogens is 1. The van der Waals surface area contributed by atoms with Gasteiger partial charge in [0.1, 0.15) is 18.3 Å². The number of carbonyl (C=O) groups excluding carboxylic acids is 2. The van der Waals surface area contributed by atoms with E-state index in [4.69, 9.17) is 18.5 Å². The van der Waals surface area contributed by atoms with Gasteiger partial charge in [0.2, 0.25) is 0 Å². The number of phosphoric ester groups is 1. The number of unbranched alkanes of at least 4 members (excludes halogenated alkanes) is 22. The molecule has 0 aromatic rings. The molecule has 48 heavy (non-hydrogen) atoms. The fraction of sp³-hybridized carbons (Fsp3) is 0.947. The van der Waals surface area contributed by atoms with Gasteiger partial charge < -0.3 is 18.9 Å². The molecule has 2 unspecified atom stereocenters. The minimum Gasteiger partial charge on any atom is -0.457 e. The van der Waals surface area contributed by atoms with Crippen LogP contribution in [0.4, 0.5) is 0 Å². The van der Waals surface area contributed by atoms with Crippen molar-refractivity contribution < 1.29 is 42.1 Å². The number of Topliss-reactive ketones (excluding diaryl/α,β-unsaturated/α-hetero) is 1. The Morgan fingerprint density at radius 2 is 1.02 bits per heavy atom. The van der Waals surface area contributed by atoms with Crippen molar-refractivity contribution in [2.24, 2.45) is 0 Å². The van der Waals surface area contributed by atoms with E-state index >= 15 is 0 Å². The lowest BCUT2D eigenvalue weighted by Crippen LogP contribution is -2.35. The second-order valence-electron chi connectivity index (χ2n) is 14.8. The van der Waals surface area contributed by atoms with Crippen LogP contribution < -0.4 is 0 Å². The van der Waals surface area contributed by atoms with Gasteiger partial charge in [-0.05, 0) is 32.6 Å². The predicted molar refractivity (Wildman–Crippen MR) is 197 cm³/mol. The number of rotatable bonds is 37. The molecule has 0 aromatic heterocycles. The van der Waals surface area contributed by atoms with Gasteiger partial charge in [-0.25, -0.2) is 4.57 Å². The lowest BCUT2D eigenvalue weighted by molar-refractivity contribution is -0.870. The number of phosphoric acid groups is 1. The molecule has 0 fully saturated rings. The van der Waals surface area contributed by atoms with E-state index in [1.54, 1.807) is 0 Å². The highest BCUT2D eigenvalue weighted by molar-refractivity contribution is 7.47. The predicted octanol–water partition coefficient (Wildman–Crippen LogP) is 10.1. The van der Waals surface area contributed by atoms with Gasteiger partial charge in [-0.3, -0.25) is 18.6 Å². The van der Waals surface area contributed by atoms with Crippen LogP contribution in [0.5, 0.6) is 0 Å². The molecule has 286 valence electrons. The Kier molecular flexibility index (Phi) is 31.5. The highest BCUT2D eigenvalue weighted by Crippen LogP contribution is 2.43. The summed E-state index contributed by atoms with van der Waals surface area (Å²) in [6.07, 6.45) is 28.3. The van der Waals surface area contributed by atoms with Crippen LogP contribution in [0.25, 0.3) is 0 Å². The summed E-state index contributed by atoms with van der Waals surface area (Å²) in [5.74, 6) is -1.02. The third kappa shape index (κ3) is 36.5. The van der Waals surface area contributed by atoms with Gasteiger partial charge in [0.15, 0.2) is 0 Å². The molecule has 0 heterocycles. The van der Waals surface area contributed by atoms with Crippen molar-refractivity contribution in [3.63, 3.8) is 0 Å². The zero-order valence-electron chi connectivity index (χ0n) is 32.0. The Hall–Kier alpha value is -0.830. The third-order valence-corrected chi connectivity index (χ3v) is 9.52. The van der Waals surface area contributed by atoms with Crippen LogP contribution in [-0.4, -0.2) is 81.3 Å². The molecule has 0 aromatic carbocycles. The van der Waals surface area contributed by atoms with Gasteiger partial charge in [-0.15, -0.1) is 0 Å². The van der Waals surface area contributed by atoms with E-state index in [1.165, 1.54) is 129 Å². The summed E-state index contributed by atoms with van der Waals surface area (Å²) in [7, 11) is 2.37. The van der Waals surface area contributed by atoms with Crippen molar-refractivity contribution in [2.75, 3.05) is 54.1 Å².